The molecule has 2 nitrogen and oxygen atoms in total. The molecule has 0 aliphatic heterocycles. The maximum atomic E-state index is 10.8. The third kappa shape index (κ3) is 2.51. The van der Waals surface area contributed by atoms with Crippen LogP contribution < -0.4 is 0 Å². The van der Waals surface area contributed by atoms with Crippen LogP contribution in [-0.4, -0.2) is 17.3 Å². The molecule has 1 aromatic carbocycles. The van der Waals surface area contributed by atoms with E-state index >= 15 is 0 Å². The van der Waals surface area contributed by atoms with Crippen molar-refractivity contribution in [3.63, 3.8) is 0 Å². The fraction of sp³-hybridized carbons (Fsp3) is 0.364. The number of carboxylic acid groups (broad SMARTS) is 1. The van der Waals surface area contributed by atoms with Crippen molar-refractivity contribution in [3.8, 4) is 0 Å². The molecule has 0 saturated heterocycles. The van der Waals surface area contributed by atoms with Crippen LogP contribution >= 0.6 is 11.8 Å². The van der Waals surface area contributed by atoms with Crippen molar-refractivity contribution < 1.29 is 9.90 Å². The average molecular weight is 210 g/mol. The molecule has 1 N–H and O–H groups in total. The Morgan fingerprint density at radius 3 is 2.43 bits per heavy atom. The van der Waals surface area contributed by atoms with E-state index in [-0.39, 0.29) is 0 Å². The molecule has 0 aliphatic rings. The summed E-state index contributed by atoms with van der Waals surface area (Å²) in [5.74, 6) is -0.497. The van der Waals surface area contributed by atoms with Crippen LogP contribution in [-0.2, 0) is 0 Å². The lowest BCUT2D eigenvalue weighted by Gasteiger charge is -2.08. The topological polar surface area (TPSA) is 37.3 Å². The zero-order chi connectivity index (χ0) is 10.7. The van der Waals surface area contributed by atoms with Gasteiger partial charge in [-0.25, -0.2) is 4.79 Å². The van der Waals surface area contributed by atoms with Gasteiger partial charge in [0.25, 0.3) is 0 Å². The van der Waals surface area contributed by atoms with Crippen LogP contribution in [0.4, 0.5) is 0 Å². The molecule has 0 bridgehead atoms. The van der Waals surface area contributed by atoms with Crippen LogP contribution in [0.1, 0.15) is 35.7 Å². The number of carbonyl (C=O) groups is 1. The first-order chi connectivity index (χ1) is 6.54. The van der Waals surface area contributed by atoms with Crippen molar-refractivity contribution in [3.05, 3.63) is 29.3 Å². The normalized spacial score (nSPS) is 10.6. The van der Waals surface area contributed by atoms with Crippen LogP contribution in [0, 0.1) is 0 Å². The standard InChI is InChI=1S/C11H14O2S/c1-7(2)8-4-9(11(12)13)6-10(5-8)14-3/h4-7H,1-3H3,(H,12,13). The van der Waals surface area contributed by atoms with Crippen molar-refractivity contribution >= 4 is 17.7 Å². The first kappa shape index (κ1) is 11.1. The minimum Gasteiger partial charge on any atom is -0.478 e. The van der Waals surface area contributed by atoms with E-state index in [9.17, 15) is 4.79 Å². The highest BCUT2D eigenvalue weighted by molar-refractivity contribution is 7.98. The Morgan fingerprint density at radius 1 is 1.36 bits per heavy atom. The summed E-state index contributed by atoms with van der Waals surface area (Å²) >= 11 is 1.57. The summed E-state index contributed by atoms with van der Waals surface area (Å²) in [6, 6.07) is 5.49. The van der Waals surface area contributed by atoms with Gasteiger partial charge >= 0.3 is 5.97 Å². The molecule has 0 radical (unpaired) electrons. The van der Waals surface area contributed by atoms with Crippen molar-refractivity contribution in [2.75, 3.05) is 6.26 Å². The summed E-state index contributed by atoms with van der Waals surface area (Å²) in [6.45, 7) is 4.12. The Balaban J connectivity index is 3.20. The molecule has 0 atom stereocenters. The zero-order valence-electron chi connectivity index (χ0n) is 8.57. The second-order valence-electron chi connectivity index (χ2n) is 3.45. The number of carboxylic acids is 1. The van der Waals surface area contributed by atoms with Gasteiger partial charge in [0.1, 0.15) is 0 Å². The van der Waals surface area contributed by atoms with Crippen LogP contribution in [0.5, 0.6) is 0 Å². The Bertz CT molecular complexity index is 345. The number of aromatic carboxylic acids is 1. The molecule has 1 rings (SSSR count). The number of rotatable bonds is 3. The van der Waals surface area contributed by atoms with Crippen LogP contribution in [0.3, 0.4) is 0 Å². The van der Waals surface area contributed by atoms with Crippen LogP contribution in [0.25, 0.3) is 0 Å². The highest BCUT2D eigenvalue weighted by Crippen LogP contribution is 2.23. The summed E-state index contributed by atoms with van der Waals surface area (Å²) in [5, 5.41) is 8.90. The van der Waals surface area contributed by atoms with E-state index in [1.54, 1.807) is 23.9 Å². The molecule has 0 heterocycles. The largest absolute Gasteiger partial charge is 0.478 e. The molecule has 0 fully saturated rings. The first-order valence-electron chi connectivity index (χ1n) is 4.47. The molecule has 0 spiro atoms. The zero-order valence-corrected chi connectivity index (χ0v) is 9.39. The summed E-state index contributed by atoms with van der Waals surface area (Å²) in [7, 11) is 0. The van der Waals surface area contributed by atoms with Gasteiger partial charge in [-0.05, 0) is 35.9 Å². The SMILES string of the molecule is CSc1cc(C(=O)O)cc(C(C)C)c1. The van der Waals surface area contributed by atoms with Gasteiger partial charge in [0, 0.05) is 4.90 Å². The molecule has 0 unspecified atom stereocenters. The van der Waals surface area contributed by atoms with Gasteiger partial charge in [-0.1, -0.05) is 13.8 Å². The van der Waals surface area contributed by atoms with E-state index in [0.717, 1.165) is 10.5 Å². The molecular weight excluding hydrogens is 196 g/mol. The fourth-order valence-corrected chi connectivity index (χ4v) is 1.70. The Kier molecular flexibility index (Phi) is 3.58. The highest BCUT2D eigenvalue weighted by Gasteiger charge is 2.08. The molecular formula is C11H14O2S. The van der Waals surface area contributed by atoms with Crippen LogP contribution in [0.2, 0.25) is 0 Å². The van der Waals surface area contributed by atoms with Gasteiger partial charge in [-0.3, -0.25) is 0 Å². The molecule has 14 heavy (non-hydrogen) atoms. The van der Waals surface area contributed by atoms with E-state index in [4.69, 9.17) is 5.11 Å². The van der Waals surface area contributed by atoms with E-state index in [2.05, 4.69) is 13.8 Å². The summed E-state index contributed by atoms with van der Waals surface area (Å²) < 4.78 is 0. The third-order valence-corrected chi connectivity index (χ3v) is 2.79. The maximum absolute atomic E-state index is 10.8. The lowest BCUT2D eigenvalue weighted by atomic mass is 10.0. The third-order valence-electron chi connectivity index (χ3n) is 2.08. The van der Waals surface area contributed by atoms with E-state index < -0.39 is 5.97 Å². The predicted octanol–water partition coefficient (Wildman–Crippen LogP) is 3.23. The van der Waals surface area contributed by atoms with E-state index in [0.29, 0.717) is 11.5 Å². The second kappa shape index (κ2) is 4.51. The lowest BCUT2D eigenvalue weighted by molar-refractivity contribution is 0.0696. The molecule has 3 heteroatoms. The lowest BCUT2D eigenvalue weighted by Crippen LogP contribution is -1.99. The number of hydrogen-bond acceptors (Lipinski definition) is 2. The Hall–Kier alpha value is -0.960. The summed E-state index contributed by atoms with van der Waals surface area (Å²) in [6.07, 6.45) is 1.95. The Labute approximate surface area is 88.3 Å². The summed E-state index contributed by atoms with van der Waals surface area (Å²) in [4.78, 5) is 11.8. The molecule has 0 amide bonds. The number of hydrogen-bond donors (Lipinski definition) is 1. The molecule has 0 aromatic heterocycles. The second-order valence-corrected chi connectivity index (χ2v) is 4.33. The smallest absolute Gasteiger partial charge is 0.335 e. The average Bonchev–Trinajstić information content (AvgIpc) is 2.16. The number of benzene rings is 1. The molecule has 0 saturated carbocycles. The van der Waals surface area contributed by atoms with E-state index in [1.807, 2.05) is 12.3 Å². The minimum absolute atomic E-state index is 0.361. The molecule has 1 aromatic rings. The van der Waals surface area contributed by atoms with Crippen molar-refractivity contribution in [1.29, 1.82) is 0 Å². The summed E-state index contributed by atoms with van der Waals surface area (Å²) in [5.41, 5.74) is 1.45. The quantitative estimate of drug-likeness (QED) is 0.778. The maximum Gasteiger partial charge on any atom is 0.335 e. The van der Waals surface area contributed by atoms with Crippen molar-refractivity contribution in [2.24, 2.45) is 0 Å². The van der Waals surface area contributed by atoms with E-state index in [1.165, 1.54) is 0 Å². The fourth-order valence-electron chi connectivity index (χ4n) is 1.20. The highest BCUT2D eigenvalue weighted by atomic mass is 32.2. The van der Waals surface area contributed by atoms with Gasteiger partial charge in [-0.2, -0.15) is 0 Å². The monoisotopic (exact) mass is 210 g/mol. The van der Waals surface area contributed by atoms with Gasteiger partial charge < -0.3 is 5.11 Å². The van der Waals surface area contributed by atoms with Gasteiger partial charge in [0.2, 0.25) is 0 Å². The molecule has 76 valence electrons. The van der Waals surface area contributed by atoms with Gasteiger partial charge in [0.15, 0.2) is 0 Å². The van der Waals surface area contributed by atoms with Crippen molar-refractivity contribution in [1.82, 2.24) is 0 Å². The van der Waals surface area contributed by atoms with Gasteiger partial charge in [0.05, 0.1) is 5.56 Å². The van der Waals surface area contributed by atoms with Crippen LogP contribution in [0.15, 0.2) is 23.1 Å². The predicted molar refractivity (Wildman–Crippen MR) is 59.3 cm³/mol. The Morgan fingerprint density at radius 2 is 2.00 bits per heavy atom. The van der Waals surface area contributed by atoms with Crippen molar-refractivity contribution in [2.45, 2.75) is 24.7 Å². The van der Waals surface area contributed by atoms with Gasteiger partial charge in [-0.15, -0.1) is 11.8 Å². The minimum atomic E-state index is -0.859. The first-order valence-corrected chi connectivity index (χ1v) is 5.69. The number of thioether (sulfide) groups is 1. The molecule has 0 aliphatic carbocycles.